The molecule has 0 atom stereocenters. The van der Waals surface area contributed by atoms with Gasteiger partial charge in [0.05, 0.1) is 20.1 Å². The predicted molar refractivity (Wildman–Crippen MR) is 71.0 cm³/mol. The van der Waals surface area contributed by atoms with Crippen LogP contribution in [-0.2, 0) is 9.53 Å². The average Bonchev–Trinajstić information content (AvgIpc) is 2.39. The van der Waals surface area contributed by atoms with Gasteiger partial charge >= 0.3 is 5.97 Å². The number of carbonyl (C=O) groups is 2. The molecule has 0 spiro atoms. The SMILES string of the molecule is CCNC(=O)CCOc1ccc(N)cc1C(=O)OC. The van der Waals surface area contributed by atoms with Crippen molar-refractivity contribution in [2.24, 2.45) is 0 Å². The minimum atomic E-state index is -0.527. The Morgan fingerprint density at radius 1 is 1.37 bits per heavy atom. The molecule has 0 saturated carbocycles. The van der Waals surface area contributed by atoms with E-state index in [0.29, 0.717) is 18.0 Å². The summed E-state index contributed by atoms with van der Waals surface area (Å²) in [4.78, 5) is 22.8. The van der Waals surface area contributed by atoms with Gasteiger partial charge in [-0.25, -0.2) is 4.79 Å². The van der Waals surface area contributed by atoms with Crippen LogP contribution in [0.15, 0.2) is 18.2 Å². The van der Waals surface area contributed by atoms with Gasteiger partial charge < -0.3 is 20.5 Å². The van der Waals surface area contributed by atoms with Crippen LogP contribution in [0.4, 0.5) is 5.69 Å². The highest BCUT2D eigenvalue weighted by Gasteiger charge is 2.13. The number of carbonyl (C=O) groups excluding carboxylic acids is 2. The van der Waals surface area contributed by atoms with Crippen molar-refractivity contribution in [3.8, 4) is 5.75 Å². The highest BCUT2D eigenvalue weighted by Crippen LogP contribution is 2.22. The van der Waals surface area contributed by atoms with Gasteiger partial charge in [0.15, 0.2) is 0 Å². The number of hydrogen-bond acceptors (Lipinski definition) is 5. The van der Waals surface area contributed by atoms with E-state index in [1.807, 2.05) is 6.92 Å². The minimum absolute atomic E-state index is 0.0995. The van der Waals surface area contributed by atoms with E-state index in [0.717, 1.165) is 0 Å². The van der Waals surface area contributed by atoms with E-state index in [-0.39, 0.29) is 24.5 Å². The molecule has 0 unspecified atom stereocenters. The molecule has 1 aromatic rings. The fourth-order valence-electron chi connectivity index (χ4n) is 1.48. The molecular weight excluding hydrogens is 248 g/mol. The summed E-state index contributed by atoms with van der Waals surface area (Å²) in [5.74, 6) is -0.275. The van der Waals surface area contributed by atoms with Gasteiger partial charge in [0.25, 0.3) is 0 Å². The van der Waals surface area contributed by atoms with E-state index in [1.165, 1.54) is 13.2 Å². The first kappa shape index (κ1) is 14.8. The van der Waals surface area contributed by atoms with Crippen LogP contribution in [-0.4, -0.2) is 32.1 Å². The fourth-order valence-corrected chi connectivity index (χ4v) is 1.48. The smallest absolute Gasteiger partial charge is 0.341 e. The molecule has 6 heteroatoms. The third-order valence-electron chi connectivity index (χ3n) is 2.37. The van der Waals surface area contributed by atoms with Crippen molar-refractivity contribution >= 4 is 17.6 Å². The van der Waals surface area contributed by atoms with E-state index >= 15 is 0 Å². The number of nitrogens with one attached hydrogen (secondary N) is 1. The molecule has 0 aliphatic heterocycles. The molecule has 1 amide bonds. The summed E-state index contributed by atoms with van der Waals surface area (Å²) >= 11 is 0. The Hall–Kier alpha value is -2.24. The summed E-state index contributed by atoms with van der Waals surface area (Å²) in [6.45, 7) is 2.60. The second kappa shape index (κ2) is 7.25. The van der Waals surface area contributed by atoms with Crippen LogP contribution in [0.1, 0.15) is 23.7 Å². The first-order chi connectivity index (χ1) is 9.08. The number of amides is 1. The predicted octanol–water partition coefficient (Wildman–Crippen LogP) is 0.960. The number of anilines is 1. The monoisotopic (exact) mass is 266 g/mol. The molecule has 0 aliphatic rings. The standard InChI is InChI=1S/C13H18N2O4/c1-3-15-12(16)6-7-19-11-5-4-9(14)8-10(11)13(17)18-2/h4-5,8H,3,6-7,14H2,1-2H3,(H,15,16). The van der Waals surface area contributed by atoms with Crippen molar-refractivity contribution in [3.05, 3.63) is 23.8 Å². The van der Waals surface area contributed by atoms with Crippen molar-refractivity contribution in [2.45, 2.75) is 13.3 Å². The Bertz CT molecular complexity index is 460. The summed E-state index contributed by atoms with van der Waals surface area (Å²) < 4.78 is 10.1. The van der Waals surface area contributed by atoms with Crippen LogP contribution < -0.4 is 15.8 Å². The van der Waals surface area contributed by atoms with Crippen LogP contribution in [0.3, 0.4) is 0 Å². The molecule has 0 saturated heterocycles. The molecule has 3 N–H and O–H groups in total. The third kappa shape index (κ3) is 4.50. The van der Waals surface area contributed by atoms with Crippen LogP contribution in [0.5, 0.6) is 5.75 Å². The number of nitrogens with two attached hydrogens (primary N) is 1. The van der Waals surface area contributed by atoms with Crippen molar-refractivity contribution in [3.63, 3.8) is 0 Å². The van der Waals surface area contributed by atoms with Gasteiger partial charge in [0.2, 0.25) is 5.91 Å². The summed E-state index contributed by atoms with van der Waals surface area (Å²) in [6, 6.07) is 4.68. The Morgan fingerprint density at radius 3 is 2.74 bits per heavy atom. The summed E-state index contributed by atoms with van der Waals surface area (Å²) in [5.41, 5.74) is 6.30. The van der Waals surface area contributed by atoms with Crippen molar-refractivity contribution in [2.75, 3.05) is 26.0 Å². The normalized spacial score (nSPS) is 9.79. The van der Waals surface area contributed by atoms with Crippen LogP contribution >= 0.6 is 0 Å². The molecule has 0 heterocycles. The maximum Gasteiger partial charge on any atom is 0.341 e. The van der Waals surface area contributed by atoms with Gasteiger partial charge in [0.1, 0.15) is 11.3 Å². The lowest BCUT2D eigenvalue weighted by Gasteiger charge is -2.10. The quantitative estimate of drug-likeness (QED) is 0.591. The van der Waals surface area contributed by atoms with Gasteiger partial charge in [-0.2, -0.15) is 0 Å². The van der Waals surface area contributed by atoms with Crippen molar-refractivity contribution in [1.29, 1.82) is 0 Å². The zero-order valence-electron chi connectivity index (χ0n) is 11.1. The third-order valence-corrected chi connectivity index (χ3v) is 2.37. The molecule has 0 bridgehead atoms. The van der Waals surface area contributed by atoms with Gasteiger partial charge in [-0.15, -0.1) is 0 Å². The van der Waals surface area contributed by atoms with E-state index in [2.05, 4.69) is 10.1 Å². The first-order valence-electron chi connectivity index (χ1n) is 5.95. The summed E-state index contributed by atoms with van der Waals surface area (Å²) in [5, 5.41) is 2.66. The minimum Gasteiger partial charge on any atom is -0.492 e. The molecule has 0 aliphatic carbocycles. The summed E-state index contributed by atoms with van der Waals surface area (Å²) in [6.07, 6.45) is 0.221. The lowest BCUT2D eigenvalue weighted by atomic mass is 10.2. The Labute approximate surface area is 111 Å². The van der Waals surface area contributed by atoms with Gasteiger partial charge in [-0.1, -0.05) is 0 Å². The molecular formula is C13H18N2O4. The molecule has 1 aromatic carbocycles. The summed E-state index contributed by atoms with van der Waals surface area (Å²) in [7, 11) is 1.28. The van der Waals surface area contributed by atoms with Crippen LogP contribution in [0, 0.1) is 0 Å². The number of nitrogen functional groups attached to an aromatic ring is 1. The van der Waals surface area contributed by atoms with E-state index in [4.69, 9.17) is 10.5 Å². The van der Waals surface area contributed by atoms with Gasteiger partial charge in [-0.3, -0.25) is 4.79 Å². The number of rotatable bonds is 6. The molecule has 19 heavy (non-hydrogen) atoms. The topological polar surface area (TPSA) is 90.6 Å². The zero-order chi connectivity index (χ0) is 14.3. The number of benzene rings is 1. The molecule has 104 valence electrons. The van der Waals surface area contributed by atoms with E-state index in [9.17, 15) is 9.59 Å². The number of esters is 1. The van der Waals surface area contributed by atoms with Crippen molar-refractivity contribution < 1.29 is 19.1 Å². The van der Waals surface area contributed by atoms with Gasteiger partial charge in [0, 0.05) is 12.2 Å². The Morgan fingerprint density at radius 2 is 2.11 bits per heavy atom. The highest BCUT2D eigenvalue weighted by atomic mass is 16.5. The first-order valence-corrected chi connectivity index (χ1v) is 5.95. The zero-order valence-corrected chi connectivity index (χ0v) is 11.1. The molecule has 0 fully saturated rings. The fraction of sp³-hybridized carbons (Fsp3) is 0.385. The lowest BCUT2D eigenvalue weighted by molar-refractivity contribution is -0.121. The lowest BCUT2D eigenvalue weighted by Crippen LogP contribution is -2.24. The van der Waals surface area contributed by atoms with E-state index < -0.39 is 5.97 Å². The maximum absolute atomic E-state index is 11.5. The second-order valence-corrected chi connectivity index (χ2v) is 3.80. The van der Waals surface area contributed by atoms with Crippen LogP contribution in [0.25, 0.3) is 0 Å². The van der Waals surface area contributed by atoms with Crippen LogP contribution in [0.2, 0.25) is 0 Å². The number of ether oxygens (including phenoxy) is 2. The number of hydrogen-bond donors (Lipinski definition) is 2. The highest BCUT2D eigenvalue weighted by molar-refractivity contribution is 5.93. The Balaban J connectivity index is 2.67. The molecule has 1 rings (SSSR count). The maximum atomic E-state index is 11.5. The van der Waals surface area contributed by atoms with Gasteiger partial charge in [-0.05, 0) is 25.1 Å². The van der Waals surface area contributed by atoms with E-state index in [1.54, 1.807) is 12.1 Å². The number of methoxy groups -OCH3 is 1. The Kier molecular flexibility index (Phi) is 5.66. The molecule has 6 nitrogen and oxygen atoms in total. The second-order valence-electron chi connectivity index (χ2n) is 3.80. The molecule has 0 aromatic heterocycles. The van der Waals surface area contributed by atoms with Crippen molar-refractivity contribution in [1.82, 2.24) is 5.32 Å². The average molecular weight is 266 g/mol. The largest absolute Gasteiger partial charge is 0.492 e. The molecule has 0 radical (unpaired) electrons.